The van der Waals surface area contributed by atoms with Crippen LogP contribution < -0.4 is 0 Å². The van der Waals surface area contributed by atoms with Crippen LogP contribution in [0, 0.1) is 5.92 Å². The summed E-state index contributed by atoms with van der Waals surface area (Å²) in [6, 6.07) is 24.5. The third kappa shape index (κ3) is 4.97. The molecule has 0 radical (unpaired) electrons. The molecule has 34 heavy (non-hydrogen) atoms. The molecule has 6 nitrogen and oxygen atoms in total. The Kier molecular flexibility index (Phi) is 7.29. The molecule has 1 heterocycles. The third-order valence-electron chi connectivity index (χ3n) is 6.03. The number of benzene rings is 3. The lowest BCUT2D eigenvalue weighted by atomic mass is 9.94. The number of aryl methyl sites for hydroxylation is 1. The molecule has 1 aliphatic rings. The summed E-state index contributed by atoms with van der Waals surface area (Å²) >= 11 is 0. The predicted octanol–water partition coefficient (Wildman–Crippen LogP) is 4.49. The first kappa shape index (κ1) is 23.5. The summed E-state index contributed by atoms with van der Waals surface area (Å²) < 4.78 is 4.75. The fourth-order valence-electron chi connectivity index (χ4n) is 4.13. The van der Waals surface area contributed by atoms with Crippen molar-refractivity contribution in [3.63, 3.8) is 0 Å². The van der Waals surface area contributed by atoms with E-state index in [1.807, 2.05) is 64.1 Å². The Morgan fingerprint density at radius 2 is 1.35 bits per heavy atom. The molecule has 0 fully saturated rings. The Morgan fingerprint density at radius 1 is 0.794 bits per heavy atom. The Labute approximate surface area is 200 Å². The molecule has 2 amide bonds. The summed E-state index contributed by atoms with van der Waals surface area (Å²) in [5.74, 6) is -2.85. The van der Waals surface area contributed by atoms with Crippen molar-refractivity contribution in [3.05, 3.63) is 95.6 Å². The lowest BCUT2D eigenvalue weighted by Crippen LogP contribution is -2.35. The van der Waals surface area contributed by atoms with Gasteiger partial charge in [0.05, 0.1) is 20.6 Å². The van der Waals surface area contributed by atoms with Gasteiger partial charge in [-0.05, 0) is 41.7 Å². The van der Waals surface area contributed by atoms with Crippen LogP contribution in [0.3, 0.4) is 0 Å². The van der Waals surface area contributed by atoms with Crippen molar-refractivity contribution in [2.75, 3.05) is 6.54 Å². The van der Waals surface area contributed by atoms with Gasteiger partial charge in [-0.3, -0.25) is 24.1 Å². The zero-order valence-electron chi connectivity index (χ0n) is 18.5. The summed E-state index contributed by atoms with van der Waals surface area (Å²) in [7, 11) is 1.87. The fraction of sp³-hybridized carbons (Fsp3) is 0.185. The highest BCUT2D eigenvalue weighted by Crippen LogP contribution is 2.25. The number of amides is 2. The van der Waals surface area contributed by atoms with E-state index in [0.29, 0.717) is 17.5 Å². The monoisotopic (exact) mass is 473 g/mol. The summed E-state index contributed by atoms with van der Waals surface area (Å²) in [5.41, 5.74) is 3.85. The quantitative estimate of drug-likeness (QED) is 0.260. The van der Waals surface area contributed by atoms with E-state index in [1.54, 1.807) is 24.3 Å². The molecule has 0 saturated heterocycles. The van der Waals surface area contributed by atoms with E-state index in [9.17, 15) is 19.2 Å². The first-order valence-electron chi connectivity index (χ1n) is 11.0. The molecule has 0 aromatic heterocycles. The van der Waals surface area contributed by atoms with Gasteiger partial charge in [-0.15, -0.1) is 0 Å². The van der Waals surface area contributed by atoms with Crippen molar-refractivity contribution in [3.8, 4) is 11.1 Å². The molecule has 0 N–H and O–H groups in total. The molecule has 2 unspecified atom stereocenters. The van der Waals surface area contributed by atoms with Gasteiger partial charge in [0.1, 0.15) is 11.7 Å². The Hall–Kier alpha value is -3.63. The van der Waals surface area contributed by atoms with Crippen molar-refractivity contribution >= 4 is 33.0 Å². The topological polar surface area (TPSA) is 80.8 Å². The van der Waals surface area contributed by atoms with E-state index in [-0.39, 0.29) is 25.2 Å². The van der Waals surface area contributed by atoms with Crippen molar-refractivity contribution in [1.29, 1.82) is 0 Å². The molecular formula is C27H24NO5P. The predicted molar refractivity (Wildman–Crippen MR) is 131 cm³/mol. The van der Waals surface area contributed by atoms with Gasteiger partial charge in [0, 0.05) is 13.0 Å². The number of ketones is 1. The van der Waals surface area contributed by atoms with Crippen LogP contribution in [0.4, 0.5) is 0 Å². The van der Waals surface area contributed by atoms with Crippen LogP contribution in [0.25, 0.3) is 11.1 Å². The molecule has 0 saturated carbocycles. The molecular weight excluding hydrogens is 449 g/mol. The molecule has 0 aliphatic carbocycles. The van der Waals surface area contributed by atoms with Gasteiger partial charge in [-0.2, -0.15) is 0 Å². The number of fused-ring (bicyclic) bond motifs is 1. The van der Waals surface area contributed by atoms with E-state index in [1.165, 1.54) is 0 Å². The highest BCUT2D eigenvalue weighted by molar-refractivity contribution is 7.10. The highest BCUT2D eigenvalue weighted by Gasteiger charge is 2.36. The van der Waals surface area contributed by atoms with E-state index in [4.69, 9.17) is 4.52 Å². The van der Waals surface area contributed by atoms with E-state index in [0.717, 1.165) is 21.6 Å². The molecule has 7 heteroatoms. The Bertz CT molecular complexity index is 1190. The second kappa shape index (κ2) is 10.5. The molecule has 4 rings (SSSR count). The minimum atomic E-state index is -1.05. The van der Waals surface area contributed by atoms with Gasteiger partial charge in [0.15, 0.2) is 0 Å². The first-order chi connectivity index (χ1) is 16.5. The van der Waals surface area contributed by atoms with Gasteiger partial charge >= 0.3 is 5.97 Å². The van der Waals surface area contributed by atoms with Gasteiger partial charge in [-0.25, -0.2) is 0 Å². The lowest BCUT2D eigenvalue weighted by Gasteiger charge is -2.18. The van der Waals surface area contributed by atoms with Gasteiger partial charge in [0.25, 0.3) is 11.8 Å². The zero-order valence-corrected chi connectivity index (χ0v) is 19.6. The van der Waals surface area contributed by atoms with E-state index < -0.39 is 23.7 Å². The second-order valence-electron chi connectivity index (χ2n) is 8.11. The van der Waals surface area contributed by atoms with E-state index in [2.05, 4.69) is 0 Å². The van der Waals surface area contributed by atoms with Crippen LogP contribution in [-0.2, 0) is 20.5 Å². The normalized spacial score (nSPS) is 13.5. The van der Waals surface area contributed by atoms with Crippen molar-refractivity contribution in [2.24, 2.45) is 5.92 Å². The van der Waals surface area contributed by atoms with Crippen LogP contribution in [0.5, 0.6) is 0 Å². The lowest BCUT2D eigenvalue weighted by molar-refractivity contribution is -0.143. The average molecular weight is 473 g/mol. The standard InChI is InChI=1S/C27H24NO5P/c29-24(15-12-18-10-13-20(14-11-18)19-6-2-1-3-7-19)23(27(32)33-34)16-17-28-25(30)21-8-4-5-9-22(21)26(28)31/h1-11,13-14,23H,12,15-17,34H2. The first-order valence-corrected chi connectivity index (χ1v) is 11.5. The Morgan fingerprint density at radius 3 is 1.94 bits per heavy atom. The minimum absolute atomic E-state index is 0.0183. The minimum Gasteiger partial charge on any atom is -0.451 e. The number of hydrogen-bond acceptors (Lipinski definition) is 5. The van der Waals surface area contributed by atoms with Crippen LogP contribution in [0.15, 0.2) is 78.9 Å². The van der Waals surface area contributed by atoms with Gasteiger partial charge in [-0.1, -0.05) is 66.7 Å². The van der Waals surface area contributed by atoms with Crippen molar-refractivity contribution in [1.82, 2.24) is 4.90 Å². The highest BCUT2D eigenvalue weighted by atomic mass is 31.0. The fourth-order valence-corrected chi connectivity index (χ4v) is 4.29. The average Bonchev–Trinajstić information content (AvgIpc) is 3.13. The number of carbonyl (C=O) groups excluding carboxylic acids is 4. The smallest absolute Gasteiger partial charge is 0.318 e. The molecule has 3 aromatic rings. The van der Waals surface area contributed by atoms with Gasteiger partial charge < -0.3 is 4.52 Å². The Balaban J connectivity index is 1.37. The number of nitrogens with zero attached hydrogens (tertiary/aromatic N) is 1. The van der Waals surface area contributed by atoms with Crippen LogP contribution >= 0.6 is 9.47 Å². The maximum absolute atomic E-state index is 12.9. The molecule has 3 aromatic carbocycles. The molecule has 0 spiro atoms. The maximum Gasteiger partial charge on any atom is 0.318 e. The van der Waals surface area contributed by atoms with Crippen molar-refractivity contribution in [2.45, 2.75) is 19.3 Å². The number of Topliss-reactive ketones (excluding diaryl/α,β-unsaturated/α-hetero) is 1. The molecule has 0 bridgehead atoms. The van der Waals surface area contributed by atoms with Crippen LogP contribution in [0.2, 0.25) is 0 Å². The zero-order chi connectivity index (χ0) is 24.1. The van der Waals surface area contributed by atoms with Gasteiger partial charge in [0.2, 0.25) is 0 Å². The molecule has 1 aliphatic heterocycles. The molecule has 172 valence electrons. The summed E-state index contributed by atoms with van der Waals surface area (Å²) in [6.45, 7) is -0.0334. The largest absolute Gasteiger partial charge is 0.451 e. The number of hydrogen-bond donors (Lipinski definition) is 0. The summed E-state index contributed by atoms with van der Waals surface area (Å²) in [6.07, 6.45) is 0.642. The SMILES string of the molecule is O=C(CCc1ccc(-c2ccccc2)cc1)C(CCN1C(=O)c2ccccc2C1=O)C(=O)OP. The number of carbonyl (C=O) groups is 4. The third-order valence-corrected chi connectivity index (χ3v) is 6.26. The number of imide groups is 1. The summed E-state index contributed by atoms with van der Waals surface area (Å²) in [4.78, 5) is 51.4. The van der Waals surface area contributed by atoms with Crippen LogP contribution in [0.1, 0.15) is 39.1 Å². The van der Waals surface area contributed by atoms with Crippen LogP contribution in [-0.4, -0.2) is 35.0 Å². The second-order valence-corrected chi connectivity index (χ2v) is 8.35. The summed E-state index contributed by atoms with van der Waals surface area (Å²) in [5, 5.41) is 0. The van der Waals surface area contributed by atoms with E-state index >= 15 is 0 Å². The number of rotatable bonds is 9. The van der Waals surface area contributed by atoms with Crippen molar-refractivity contribution < 1.29 is 23.7 Å². The maximum atomic E-state index is 12.9. The molecule has 2 atom stereocenters.